The Kier molecular flexibility index (Phi) is 5.97. The molecule has 0 amide bonds. The molecule has 1 saturated carbocycles. The Morgan fingerprint density at radius 2 is 1.56 bits per heavy atom. The van der Waals surface area contributed by atoms with Crippen molar-refractivity contribution in [3.8, 4) is 0 Å². The molecule has 0 aromatic rings. The minimum absolute atomic E-state index is 1.06. The van der Waals surface area contributed by atoms with Gasteiger partial charge in [0.15, 0.2) is 0 Å². The van der Waals surface area contributed by atoms with Gasteiger partial charge in [-0.1, -0.05) is 26.7 Å². The number of hydrogen-bond donors (Lipinski definition) is 0. The molecule has 2 atom stereocenters. The Morgan fingerprint density at radius 1 is 0.944 bits per heavy atom. The first-order valence-corrected chi connectivity index (χ1v) is 8.28. The summed E-state index contributed by atoms with van der Waals surface area (Å²) >= 11 is 0. The highest BCUT2D eigenvalue weighted by Gasteiger charge is 2.33. The minimum Gasteiger partial charge on any atom is -0.304 e. The quantitative estimate of drug-likeness (QED) is 0.642. The SMILES string of the molecule is CCN(CC)CCCCN1C[C@@H]2CCCC[C@H]2C1. The van der Waals surface area contributed by atoms with Crippen molar-refractivity contribution >= 4 is 0 Å². The van der Waals surface area contributed by atoms with Crippen molar-refractivity contribution in [3.63, 3.8) is 0 Å². The molecule has 0 unspecified atom stereocenters. The number of nitrogens with zero attached hydrogens (tertiary/aromatic N) is 2. The van der Waals surface area contributed by atoms with E-state index in [0.29, 0.717) is 0 Å². The van der Waals surface area contributed by atoms with Gasteiger partial charge in [-0.15, -0.1) is 0 Å². The molecule has 1 saturated heterocycles. The molecule has 2 fully saturated rings. The Labute approximate surface area is 114 Å². The van der Waals surface area contributed by atoms with Gasteiger partial charge < -0.3 is 9.80 Å². The van der Waals surface area contributed by atoms with Crippen molar-refractivity contribution in [2.75, 3.05) is 39.3 Å². The Bertz CT molecular complexity index is 211. The van der Waals surface area contributed by atoms with Gasteiger partial charge in [0, 0.05) is 13.1 Å². The molecule has 1 aliphatic heterocycles. The van der Waals surface area contributed by atoms with Crippen molar-refractivity contribution in [1.82, 2.24) is 9.80 Å². The Morgan fingerprint density at radius 3 is 2.11 bits per heavy atom. The van der Waals surface area contributed by atoms with Gasteiger partial charge in [0.05, 0.1) is 0 Å². The average Bonchev–Trinajstić information content (AvgIpc) is 2.81. The fourth-order valence-electron chi connectivity index (χ4n) is 3.90. The van der Waals surface area contributed by atoms with E-state index in [1.165, 1.54) is 77.8 Å². The van der Waals surface area contributed by atoms with Gasteiger partial charge in [0.25, 0.3) is 0 Å². The monoisotopic (exact) mass is 252 g/mol. The van der Waals surface area contributed by atoms with Crippen LogP contribution in [-0.2, 0) is 0 Å². The van der Waals surface area contributed by atoms with Gasteiger partial charge in [-0.25, -0.2) is 0 Å². The second-order valence-corrected chi connectivity index (χ2v) is 6.30. The average molecular weight is 252 g/mol. The first-order chi connectivity index (χ1) is 8.83. The van der Waals surface area contributed by atoms with Crippen LogP contribution in [-0.4, -0.2) is 49.1 Å². The van der Waals surface area contributed by atoms with Crippen molar-refractivity contribution in [2.45, 2.75) is 52.4 Å². The lowest BCUT2D eigenvalue weighted by Crippen LogP contribution is -2.26. The summed E-state index contributed by atoms with van der Waals surface area (Å²) in [5, 5.41) is 0. The predicted molar refractivity (Wildman–Crippen MR) is 78.9 cm³/mol. The van der Waals surface area contributed by atoms with Crippen LogP contribution in [0.1, 0.15) is 52.4 Å². The molecule has 106 valence electrons. The minimum atomic E-state index is 1.06. The highest BCUT2D eigenvalue weighted by molar-refractivity contribution is 4.86. The van der Waals surface area contributed by atoms with Crippen LogP contribution in [0, 0.1) is 11.8 Å². The topological polar surface area (TPSA) is 6.48 Å². The lowest BCUT2D eigenvalue weighted by Gasteiger charge is -2.23. The molecule has 18 heavy (non-hydrogen) atoms. The molecule has 0 N–H and O–H groups in total. The number of fused-ring (bicyclic) bond motifs is 1. The zero-order valence-electron chi connectivity index (χ0n) is 12.5. The van der Waals surface area contributed by atoms with Crippen LogP contribution < -0.4 is 0 Å². The number of hydrogen-bond acceptors (Lipinski definition) is 2. The smallest absolute Gasteiger partial charge is 0.00129 e. The van der Waals surface area contributed by atoms with E-state index < -0.39 is 0 Å². The molecule has 2 nitrogen and oxygen atoms in total. The summed E-state index contributed by atoms with van der Waals surface area (Å²) in [7, 11) is 0. The molecule has 0 spiro atoms. The normalized spacial score (nSPS) is 28.8. The molecule has 2 heteroatoms. The van der Waals surface area contributed by atoms with Crippen LogP contribution in [0.5, 0.6) is 0 Å². The van der Waals surface area contributed by atoms with Crippen LogP contribution in [0.4, 0.5) is 0 Å². The van der Waals surface area contributed by atoms with Crippen LogP contribution in [0.25, 0.3) is 0 Å². The first-order valence-electron chi connectivity index (χ1n) is 8.28. The van der Waals surface area contributed by atoms with Gasteiger partial charge in [-0.2, -0.15) is 0 Å². The first kappa shape index (κ1) is 14.3. The maximum absolute atomic E-state index is 2.75. The fraction of sp³-hybridized carbons (Fsp3) is 1.00. The number of unbranched alkanes of at least 4 members (excludes halogenated alkanes) is 1. The summed E-state index contributed by atoms with van der Waals surface area (Å²) in [6, 6.07) is 0. The summed E-state index contributed by atoms with van der Waals surface area (Å²) in [6.45, 7) is 12.5. The van der Waals surface area contributed by atoms with E-state index in [4.69, 9.17) is 0 Å². The molecule has 0 radical (unpaired) electrons. The summed E-state index contributed by atoms with van der Waals surface area (Å²) in [5.41, 5.74) is 0. The van der Waals surface area contributed by atoms with E-state index in [1.807, 2.05) is 0 Å². The third kappa shape index (κ3) is 3.96. The van der Waals surface area contributed by atoms with Crippen molar-refractivity contribution in [1.29, 1.82) is 0 Å². The molecule has 1 aliphatic carbocycles. The standard InChI is InChI=1S/C16H32N2/c1-3-17(4-2)11-7-8-12-18-13-15-9-5-6-10-16(15)14-18/h15-16H,3-14H2,1-2H3/t15-,16-/m0/s1. The second kappa shape index (κ2) is 7.49. The predicted octanol–water partition coefficient (Wildman–Crippen LogP) is 3.23. The zero-order chi connectivity index (χ0) is 12.8. The molecular weight excluding hydrogens is 220 g/mol. The van der Waals surface area contributed by atoms with E-state index in [9.17, 15) is 0 Å². The van der Waals surface area contributed by atoms with Crippen LogP contribution in [0.3, 0.4) is 0 Å². The van der Waals surface area contributed by atoms with Gasteiger partial charge in [0.2, 0.25) is 0 Å². The van der Waals surface area contributed by atoms with Crippen molar-refractivity contribution < 1.29 is 0 Å². The van der Waals surface area contributed by atoms with Crippen LogP contribution >= 0.6 is 0 Å². The lowest BCUT2D eigenvalue weighted by atomic mass is 9.82. The number of rotatable bonds is 7. The lowest BCUT2D eigenvalue weighted by molar-refractivity contribution is 0.272. The maximum Gasteiger partial charge on any atom is 0.00129 e. The highest BCUT2D eigenvalue weighted by Crippen LogP contribution is 2.35. The van der Waals surface area contributed by atoms with Gasteiger partial charge in [-0.05, 0) is 63.7 Å². The van der Waals surface area contributed by atoms with Crippen LogP contribution in [0.2, 0.25) is 0 Å². The summed E-state index contributed by atoms with van der Waals surface area (Å²) in [4.78, 5) is 5.30. The maximum atomic E-state index is 2.75. The Hall–Kier alpha value is -0.0800. The Balaban J connectivity index is 1.57. The van der Waals surface area contributed by atoms with Gasteiger partial charge in [-0.3, -0.25) is 0 Å². The van der Waals surface area contributed by atoms with E-state index in [1.54, 1.807) is 0 Å². The summed E-state index contributed by atoms with van der Waals surface area (Å²) in [6.07, 6.45) is 8.80. The third-order valence-electron chi connectivity index (χ3n) is 5.15. The van der Waals surface area contributed by atoms with Crippen molar-refractivity contribution in [2.24, 2.45) is 11.8 Å². The molecule has 2 aliphatic rings. The highest BCUT2D eigenvalue weighted by atomic mass is 15.2. The van der Waals surface area contributed by atoms with E-state index in [0.717, 1.165) is 11.8 Å². The zero-order valence-corrected chi connectivity index (χ0v) is 12.5. The fourth-order valence-corrected chi connectivity index (χ4v) is 3.90. The molecule has 0 aromatic carbocycles. The summed E-state index contributed by atoms with van der Waals surface area (Å²) < 4.78 is 0. The van der Waals surface area contributed by atoms with E-state index in [-0.39, 0.29) is 0 Å². The molecule has 1 heterocycles. The van der Waals surface area contributed by atoms with Crippen molar-refractivity contribution in [3.05, 3.63) is 0 Å². The third-order valence-corrected chi connectivity index (χ3v) is 5.15. The van der Waals surface area contributed by atoms with E-state index >= 15 is 0 Å². The second-order valence-electron chi connectivity index (χ2n) is 6.30. The molecule has 0 bridgehead atoms. The largest absolute Gasteiger partial charge is 0.304 e. The van der Waals surface area contributed by atoms with Crippen LogP contribution in [0.15, 0.2) is 0 Å². The molecular formula is C16H32N2. The molecule has 0 aromatic heterocycles. The van der Waals surface area contributed by atoms with Gasteiger partial charge in [0.1, 0.15) is 0 Å². The van der Waals surface area contributed by atoms with E-state index in [2.05, 4.69) is 23.6 Å². The van der Waals surface area contributed by atoms with Gasteiger partial charge >= 0.3 is 0 Å². The summed E-state index contributed by atoms with van der Waals surface area (Å²) in [5.74, 6) is 2.11. The molecule has 2 rings (SSSR count). The number of likely N-dealkylation sites (tertiary alicyclic amines) is 1.